The minimum Gasteiger partial charge on any atom is -0.326 e. The van der Waals surface area contributed by atoms with E-state index in [1.165, 1.54) is 6.07 Å². The summed E-state index contributed by atoms with van der Waals surface area (Å²) in [5.74, 6) is -0.882. The predicted octanol–water partition coefficient (Wildman–Crippen LogP) is 3.72. The Morgan fingerprint density at radius 3 is 1.93 bits per heavy atom. The van der Waals surface area contributed by atoms with Crippen LogP contribution in [0.1, 0.15) is 48.9 Å². The molecule has 4 N–H and O–H groups in total. The highest BCUT2D eigenvalue weighted by atomic mass is 16.5. The highest BCUT2D eigenvalue weighted by Gasteiger charge is 2.12. The van der Waals surface area contributed by atoms with Gasteiger partial charge in [0.05, 0.1) is 11.3 Å². The number of carbonyl (C=O) groups excluding carboxylic acids is 3. The molecule has 7 nitrogen and oxygen atoms in total. The van der Waals surface area contributed by atoms with Crippen molar-refractivity contribution in [1.82, 2.24) is 5.48 Å². The van der Waals surface area contributed by atoms with Gasteiger partial charge in [0, 0.05) is 18.5 Å². The van der Waals surface area contributed by atoms with E-state index in [1.807, 2.05) is 30.3 Å². The molecule has 0 heterocycles. The third kappa shape index (κ3) is 7.20. The molecule has 2 rings (SSSR count). The van der Waals surface area contributed by atoms with Gasteiger partial charge in [0.25, 0.3) is 5.91 Å². The van der Waals surface area contributed by atoms with Crippen LogP contribution in [0.25, 0.3) is 0 Å². The molecule has 0 aliphatic rings. The van der Waals surface area contributed by atoms with Crippen LogP contribution in [0.15, 0.2) is 54.6 Å². The Morgan fingerprint density at radius 2 is 1.29 bits per heavy atom. The summed E-state index contributed by atoms with van der Waals surface area (Å²) in [6.07, 6.45) is 3.93. The van der Waals surface area contributed by atoms with Crippen LogP contribution >= 0.6 is 0 Å². The lowest BCUT2D eigenvalue weighted by Crippen LogP contribution is -2.21. The van der Waals surface area contributed by atoms with Gasteiger partial charge >= 0.3 is 0 Å². The second-order valence-corrected chi connectivity index (χ2v) is 6.36. The van der Waals surface area contributed by atoms with Crippen LogP contribution in [0, 0.1) is 0 Å². The fraction of sp³-hybridized carbons (Fsp3) is 0.286. The molecule has 0 aromatic heterocycles. The molecule has 2 aromatic rings. The lowest BCUT2D eigenvalue weighted by atomic mass is 10.1. The monoisotopic (exact) mass is 383 g/mol. The Kier molecular flexibility index (Phi) is 8.68. The Hall–Kier alpha value is -3.19. The lowest BCUT2D eigenvalue weighted by Gasteiger charge is -2.09. The van der Waals surface area contributed by atoms with Gasteiger partial charge in [-0.1, -0.05) is 43.2 Å². The summed E-state index contributed by atoms with van der Waals surface area (Å²) in [5, 5.41) is 14.3. The number of amides is 3. The third-order valence-electron chi connectivity index (χ3n) is 4.16. The fourth-order valence-corrected chi connectivity index (χ4v) is 2.73. The van der Waals surface area contributed by atoms with Crippen molar-refractivity contribution >= 4 is 29.1 Å². The number of hydrogen-bond donors (Lipinski definition) is 4. The maximum Gasteiger partial charge on any atom is 0.276 e. The summed E-state index contributed by atoms with van der Waals surface area (Å²) in [7, 11) is 0. The number of carbonyl (C=O) groups is 3. The minimum absolute atomic E-state index is 0.0114. The van der Waals surface area contributed by atoms with Crippen LogP contribution in [0.4, 0.5) is 11.4 Å². The first kappa shape index (κ1) is 21.1. The zero-order valence-corrected chi connectivity index (χ0v) is 15.6. The second-order valence-electron chi connectivity index (χ2n) is 6.36. The highest BCUT2D eigenvalue weighted by Crippen LogP contribution is 2.16. The Morgan fingerprint density at radius 1 is 0.714 bits per heavy atom. The highest BCUT2D eigenvalue weighted by molar-refractivity contribution is 6.03. The molecule has 0 spiro atoms. The van der Waals surface area contributed by atoms with E-state index in [-0.39, 0.29) is 17.4 Å². The number of anilines is 2. The number of rotatable bonds is 10. The number of unbranched alkanes of at least 4 members (excludes halogenated alkanes) is 3. The van der Waals surface area contributed by atoms with E-state index in [4.69, 9.17) is 5.21 Å². The fourth-order valence-electron chi connectivity index (χ4n) is 2.73. The van der Waals surface area contributed by atoms with E-state index in [2.05, 4.69) is 10.6 Å². The van der Waals surface area contributed by atoms with Gasteiger partial charge in [-0.3, -0.25) is 19.6 Å². The first-order chi connectivity index (χ1) is 13.6. The molecule has 0 radical (unpaired) electrons. The van der Waals surface area contributed by atoms with Crippen LogP contribution in [-0.4, -0.2) is 22.9 Å². The zero-order valence-electron chi connectivity index (χ0n) is 15.6. The smallest absolute Gasteiger partial charge is 0.276 e. The van der Waals surface area contributed by atoms with Crippen molar-refractivity contribution in [1.29, 1.82) is 0 Å². The summed E-state index contributed by atoms with van der Waals surface area (Å²) < 4.78 is 0. The van der Waals surface area contributed by atoms with Crippen molar-refractivity contribution in [2.75, 3.05) is 10.6 Å². The molecule has 7 heteroatoms. The predicted molar refractivity (Wildman–Crippen MR) is 107 cm³/mol. The maximum atomic E-state index is 12.1. The number of hydroxylamine groups is 1. The van der Waals surface area contributed by atoms with Gasteiger partial charge in [0.2, 0.25) is 11.8 Å². The molecule has 28 heavy (non-hydrogen) atoms. The Balaban J connectivity index is 1.61. The summed E-state index contributed by atoms with van der Waals surface area (Å²) in [4.78, 5) is 35.5. The number of hydrogen-bond acceptors (Lipinski definition) is 4. The van der Waals surface area contributed by atoms with E-state index >= 15 is 0 Å². The molecule has 148 valence electrons. The van der Waals surface area contributed by atoms with Gasteiger partial charge in [0.1, 0.15) is 0 Å². The van der Waals surface area contributed by atoms with Gasteiger partial charge in [-0.25, -0.2) is 5.48 Å². The maximum absolute atomic E-state index is 12.1. The SMILES string of the molecule is O=C(CCCCCCC(=O)Nc1ccccc1C(=O)NO)Nc1ccccc1. The average Bonchev–Trinajstić information content (AvgIpc) is 2.71. The molecule has 0 bridgehead atoms. The lowest BCUT2D eigenvalue weighted by molar-refractivity contribution is -0.117. The molecule has 0 atom stereocenters. The van der Waals surface area contributed by atoms with E-state index in [1.54, 1.807) is 23.7 Å². The van der Waals surface area contributed by atoms with E-state index < -0.39 is 5.91 Å². The normalized spacial score (nSPS) is 10.2. The summed E-state index contributed by atoms with van der Waals surface area (Å²) in [6, 6.07) is 15.8. The first-order valence-electron chi connectivity index (χ1n) is 9.28. The molecule has 0 fully saturated rings. The molecular formula is C21H25N3O4. The van der Waals surface area contributed by atoms with Crippen LogP contribution in [0.2, 0.25) is 0 Å². The van der Waals surface area contributed by atoms with Crippen LogP contribution in [0.3, 0.4) is 0 Å². The van der Waals surface area contributed by atoms with Gasteiger partial charge in [-0.15, -0.1) is 0 Å². The van der Waals surface area contributed by atoms with Crippen molar-refractivity contribution < 1.29 is 19.6 Å². The number of para-hydroxylation sites is 2. The van der Waals surface area contributed by atoms with Crippen LogP contribution < -0.4 is 16.1 Å². The quantitative estimate of drug-likeness (QED) is 0.285. The van der Waals surface area contributed by atoms with Gasteiger partial charge in [-0.2, -0.15) is 0 Å². The second kappa shape index (κ2) is 11.5. The van der Waals surface area contributed by atoms with E-state index in [0.717, 1.165) is 24.9 Å². The molecule has 0 unspecified atom stereocenters. The molecule has 0 saturated carbocycles. The van der Waals surface area contributed by atoms with E-state index in [0.29, 0.717) is 24.9 Å². The van der Waals surface area contributed by atoms with Gasteiger partial charge in [0.15, 0.2) is 0 Å². The van der Waals surface area contributed by atoms with Crippen LogP contribution in [-0.2, 0) is 9.59 Å². The first-order valence-corrected chi connectivity index (χ1v) is 9.28. The number of nitrogens with one attached hydrogen (secondary N) is 3. The van der Waals surface area contributed by atoms with E-state index in [9.17, 15) is 14.4 Å². The zero-order chi connectivity index (χ0) is 20.2. The third-order valence-corrected chi connectivity index (χ3v) is 4.16. The number of benzene rings is 2. The Bertz CT molecular complexity index is 793. The molecule has 0 aliphatic heterocycles. The van der Waals surface area contributed by atoms with Gasteiger partial charge < -0.3 is 10.6 Å². The van der Waals surface area contributed by atoms with Crippen molar-refractivity contribution in [2.24, 2.45) is 0 Å². The standard InChI is InChI=1S/C21H25N3O4/c25-19(22-16-10-4-3-5-11-16)14-6-1-2-7-15-20(26)23-18-13-9-8-12-17(18)21(27)24-28/h3-5,8-13,28H,1-2,6-7,14-15H2,(H,22,25)(H,23,26)(H,24,27). The van der Waals surface area contributed by atoms with Gasteiger partial charge in [-0.05, 0) is 37.1 Å². The molecular weight excluding hydrogens is 358 g/mol. The average molecular weight is 383 g/mol. The molecule has 3 amide bonds. The minimum atomic E-state index is -0.676. The van der Waals surface area contributed by atoms with Crippen LogP contribution in [0.5, 0.6) is 0 Å². The van der Waals surface area contributed by atoms with Crippen molar-refractivity contribution in [3.05, 3.63) is 60.2 Å². The van der Waals surface area contributed by atoms with Crippen molar-refractivity contribution in [3.63, 3.8) is 0 Å². The van der Waals surface area contributed by atoms with Crippen molar-refractivity contribution in [2.45, 2.75) is 38.5 Å². The summed E-state index contributed by atoms with van der Waals surface area (Å²) in [5.41, 5.74) is 2.91. The largest absolute Gasteiger partial charge is 0.326 e. The Labute approximate surface area is 164 Å². The molecule has 0 aliphatic carbocycles. The molecule has 0 saturated heterocycles. The summed E-state index contributed by atoms with van der Waals surface area (Å²) >= 11 is 0. The topological polar surface area (TPSA) is 108 Å². The molecule has 2 aromatic carbocycles. The van der Waals surface area contributed by atoms with Crippen molar-refractivity contribution in [3.8, 4) is 0 Å². The summed E-state index contributed by atoms with van der Waals surface area (Å²) in [6.45, 7) is 0.